The Bertz CT molecular complexity index is 304. The number of hydrogen-bond donors (Lipinski definition) is 1. The first kappa shape index (κ1) is 11.1. The summed E-state index contributed by atoms with van der Waals surface area (Å²) in [7, 11) is 2.06. The molecule has 15 heavy (non-hydrogen) atoms. The van der Waals surface area contributed by atoms with Gasteiger partial charge in [0.25, 0.3) is 0 Å². The highest BCUT2D eigenvalue weighted by molar-refractivity contribution is 7.10. The SMILES string of the molecule is CNC(c1csc(C)c1)C1CCOCC1. The molecule has 0 radical (unpaired) electrons. The number of rotatable bonds is 3. The van der Waals surface area contributed by atoms with Crippen molar-refractivity contribution in [2.45, 2.75) is 25.8 Å². The van der Waals surface area contributed by atoms with Crippen LogP contribution in [0, 0.1) is 12.8 Å². The van der Waals surface area contributed by atoms with Crippen LogP contribution < -0.4 is 5.32 Å². The number of hydrogen-bond acceptors (Lipinski definition) is 3. The Morgan fingerprint density at radius 1 is 1.47 bits per heavy atom. The lowest BCUT2D eigenvalue weighted by atomic mass is 9.88. The standard InChI is InChI=1S/C12H19NOS/c1-9-7-11(8-15-9)12(13-2)10-3-5-14-6-4-10/h7-8,10,12-13H,3-6H2,1-2H3. The molecule has 1 unspecified atom stereocenters. The number of thiophene rings is 1. The van der Waals surface area contributed by atoms with E-state index in [9.17, 15) is 0 Å². The van der Waals surface area contributed by atoms with E-state index in [1.165, 1.54) is 23.3 Å². The summed E-state index contributed by atoms with van der Waals surface area (Å²) in [5.74, 6) is 0.734. The summed E-state index contributed by atoms with van der Waals surface area (Å²) in [6.07, 6.45) is 2.36. The second-order valence-electron chi connectivity index (χ2n) is 4.21. The van der Waals surface area contributed by atoms with E-state index >= 15 is 0 Å². The van der Waals surface area contributed by atoms with Crippen molar-refractivity contribution in [1.29, 1.82) is 0 Å². The molecular weight excluding hydrogens is 206 g/mol. The number of nitrogens with one attached hydrogen (secondary N) is 1. The first-order valence-electron chi connectivity index (χ1n) is 5.61. The van der Waals surface area contributed by atoms with Crippen LogP contribution in [0.2, 0.25) is 0 Å². The topological polar surface area (TPSA) is 21.3 Å². The molecule has 1 aliphatic heterocycles. The number of ether oxygens (including phenoxy) is 1. The maximum absolute atomic E-state index is 5.41. The molecule has 0 amide bonds. The third-order valence-corrected chi connectivity index (χ3v) is 4.04. The second kappa shape index (κ2) is 5.10. The van der Waals surface area contributed by atoms with Crippen molar-refractivity contribution in [3.8, 4) is 0 Å². The van der Waals surface area contributed by atoms with Crippen molar-refractivity contribution in [2.75, 3.05) is 20.3 Å². The summed E-state index contributed by atoms with van der Waals surface area (Å²) in [5.41, 5.74) is 1.45. The van der Waals surface area contributed by atoms with Crippen molar-refractivity contribution in [3.05, 3.63) is 21.9 Å². The lowest BCUT2D eigenvalue weighted by molar-refractivity contribution is 0.0547. The van der Waals surface area contributed by atoms with E-state index in [0.29, 0.717) is 6.04 Å². The van der Waals surface area contributed by atoms with E-state index in [1.807, 2.05) is 11.3 Å². The fraction of sp³-hybridized carbons (Fsp3) is 0.667. The van der Waals surface area contributed by atoms with Gasteiger partial charge in [-0.2, -0.15) is 0 Å². The van der Waals surface area contributed by atoms with Gasteiger partial charge in [-0.1, -0.05) is 0 Å². The van der Waals surface area contributed by atoms with Gasteiger partial charge in [0, 0.05) is 24.1 Å². The molecule has 84 valence electrons. The molecule has 2 nitrogen and oxygen atoms in total. The molecule has 0 saturated carbocycles. The van der Waals surface area contributed by atoms with Crippen LogP contribution in [0.25, 0.3) is 0 Å². The summed E-state index contributed by atoms with van der Waals surface area (Å²) >= 11 is 1.84. The molecule has 0 aromatic carbocycles. The maximum Gasteiger partial charge on any atom is 0.0469 e. The van der Waals surface area contributed by atoms with Gasteiger partial charge >= 0.3 is 0 Å². The Balaban J connectivity index is 2.08. The first-order chi connectivity index (χ1) is 7.31. The van der Waals surface area contributed by atoms with Crippen LogP contribution in [-0.4, -0.2) is 20.3 Å². The molecule has 1 saturated heterocycles. The van der Waals surface area contributed by atoms with Gasteiger partial charge in [-0.15, -0.1) is 11.3 Å². The summed E-state index contributed by atoms with van der Waals surface area (Å²) < 4.78 is 5.41. The van der Waals surface area contributed by atoms with Crippen molar-refractivity contribution < 1.29 is 4.74 Å². The Hall–Kier alpha value is -0.380. The summed E-state index contributed by atoms with van der Waals surface area (Å²) in [5, 5.41) is 5.74. The van der Waals surface area contributed by atoms with Crippen LogP contribution in [0.3, 0.4) is 0 Å². The highest BCUT2D eigenvalue weighted by Crippen LogP contribution is 2.31. The smallest absolute Gasteiger partial charge is 0.0469 e. The zero-order valence-corrected chi connectivity index (χ0v) is 10.3. The fourth-order valence-corrected chi connectivity index (χ4v) is 3.09. The van der Waals surface area contributed by atoms with Gasteiger partial charge in [-0.25, -0.2) is 0 Å². The van der Waals surface area contributed by atoms with Crippen molar-refractivity contribution in [2.24, 2.45) is 5.92 Å². The summed E-state index contributed by atoms with van der Waals surface area (Å²) in [6, 6.07) is 2.82. The largest absolute Gasteiger partial charge is 0.381 e. The molecule has 2 rings (SSSR count). The molecular formula is C12H19NOS. The molecule has 1 N–H and O–H groups in total. The van der Waals surface area contributed by atoms with Crippen LogP contribution in [-0.2, 0) is 4.74 Å². The zero-order chi connectivity index (χ0) is 10.7. The summed E-state index contributed by atoms with van der Waals surface area (Å²) in [6.45, 7) is 4.02. The minimum atomic E-state index is 0.513. The third-order valence-electron chi connectivity index (χ3n) is 3.16. The Morgan fingerprint density at radius 2 is 2.20 bits per heavy atom. The molecule has 1 atom stereocenters. The minimum absolute atomic E-state index is 0.513. The van der Waals surface area contributed by atoms with Crippen molar-refractivity contribution in [3.63, 3.8) is 0 Å². The Kier molecular flexibility index (Phi) is 3.78. The predicted octanol–water partition coefficient (Wildman–Crippen LogP) is 2.74. The average Bonchev–Trinajstić information content (AvgIpc) is 2.68. The van der Waals surface area contributed by atoms with Crippen LogP contribution >= 0.6 is 11.3 Å². The fourth-order valence-electron chi connectivity index (χ4n) is 2.35. The van der Waals surface area contributed by atoms with Gasteiger partial charge in [0.2, 0.25) is 0 Å². The molecule has 1 aliphatic rings. The van der Waals surface area contributed by atoms with Crippen LogP contribution in [0.5, 0.6) is 0 Å². The highest BCUT2D eigenvalue weighted by Gasteiger charge is 2.24. The van der Waals surface area contributed by atoms with Gasteiger partial charge < -0.3 is 10.1 Å². The molecule has 1 aromatic rings. The molecule has 3 heteroatoms. The normalized spacial score (nSPS) is 20.4. The van der Waals surface area contributed by atoms with E-state index < -0.39 is 0 Å². The van der Waals surface area contributed by atoms with E-state index in [4.69, 9.17) is 4.74 Å². The average molecular weight is 225 g/mol. The molecule has 1 aromatic heterocycles. The number of aryl methyl sites for hydroxylation is 1. The lowest BCUT2D eigenvalue weighted by Crippen LogP contribution is -2.29. The first-order valence-corrected chi connectivity index (χ1v) is 6.49. The van der Waals surface area contributed by atoms with Gasteiger partial charge in [-0.3, -0.25) is 0 Å². The van der Waals surface area contributed by atoms with Crippen LogP contribution in [0.4, 0.5) is 0 Å². The van der Waals surface area contributed by atoms with Gasteiger partial charge in [0.05, 0.1) is 0 Å². The molecule has 0 bridgehead atoms. The highest BCUT2D eigenvalue weighted by atomic mass is 32.1. The molecule has 2 heterocycles. The van der Waals surface area contributed by atoms with E-state index in [1.54, 1.807) is 0 Å². The third kappa shape index (κ3) is 2.60. The second-order valence-corrected chi connectivity index (χ2v) is 5.32. The Labute approximate surface area is 95.6 Å². The van der Waals surface area contributed by atoms with Crippen molar-refractivity contribution in [1.82, 2.24) is 5.32 Å². The van der Waals surface area contributed by atoms with Crippen LogP contribution in [0.15, 0.2) is 11.4 Å². The zero-order valence-electron chi connectivity index (χ0n) is 9.45. The molecule has 0 aliphatic carbocycles. The van der Waals surface area contributed by atoms with E-state index in [0.717, 1.165) is 19.1 Å². The summed E-state index contributed by atoms with van der Waals surface area (Å²) in [4.78, 5) is 1.40. The molecule has 1 fully saturated rings. The quantitative estimate of drug-likeness (QED) is 0.854. The lowest BCUT2D eigenvalue weighted by Gasteiger charge is -2.29. The van der Waals surface area contributed by atoms with E-state index in [2.05, 4.69) is 30.7 Å². The van der Waals surface area contributed by atoms with Gasteiger partial charge in [0.15, 0.2) is 0 Å². The Morgan fingerprint density at radius 3 is 2.73 bits per heavy atom. The monoisotopic (exact) mass is 225 g/mol. The van der Waals surface area contributed by atoms with Gasteiger partial charge in [0.1, 0.15) is 0 Å². The molecule has 0 spiro atoms. The minimum Gasteiger partial charge on any atom is -0.381 e. The van der Waals surface area contributed by atoms with Gasteiger partial charge in [-0.05, 0) is 49.7 Å². The predicted molar refractivity (Wildman–Crippen MR) is 64.4 cm³/mol. The van der Waals surface area contributed by atoms with Crippen molar-refractivity contribution >= 4 is 11.3 Å². The van der Waals surface area contributed by atoms with Crippen LogP contribution in [0.1, 0.15) is 29.3 Å². The van der Waals surface area contributed by atoms with E-state index in [-0.39, 0.29) is 0 Å². The maximum atomic E-state index is 5.41.